The lowest BCUT2D eigenvalue weighted by Gasteiger charge is -2.29. The first-order chi connectivity index (χ1) is 9.29. The summed E-state index contributed by atoms with van der Waals surface area (Å²) in [6.45, 7) is 7.99. The Morgan fingerprint density at radius 1 is 1.26 bits per heavy atom. The van der Waals surface area contributed by atoms with Gasteiger partial charge < -0.3 is 5.32 Å². The van der Waals surface area contributed by atoms with Gasteiger partial charge in [0.2, 0.25) is 0 Å². The van der Waals surface area contributed by atoms with Crippen LogP contribution in [0.1, 0.15) is 44.6 Å². The molecule has 1 heterocycles. The van der Waals surface area contributed by atoms with Gasteiger partial charge in [0.05, 0.1) is 0 Å². The molecular weight excluding hydrogens is 232 g/mol. The van der Waals surface area contributed by atoms with E-state index in [1.807, 2.05) is 0 Å². The second-order valence-corrected chi connectivity index (χ2v) is 5.74. The first-order valence-electron chi connectivity index (χ1n) is 7.84. The third kappa shape index (κ3) is 4.54. The van der Waals surface area contributed by atoms with Crippen LogP contribution in [0.25, 0.3) is 0 Å². The molecule has 0 bridgehead atoms. The van der Waals surface area contributed by atoms with Crippen LogP contribution in [0.15, 0.2) is 24.3 Å². The number of rotatable bonds is 5. The quantitative estimate of drug-likeness (QED) is 0.859. The molecule has 2 rings (SSSR count). The molecule has 19 heavy (non-hydrogen) atoms. The minimum atomic E-state index is 0.807. The van der Waals surface area contributed by atoms with E-state index in [1.165, 1.54) is 56.4 Å². The lowest BCUT2D eigenvalue weighted by atomic mass is 10.1. The summed E-state index contributed by atoms with van der Waals surface area (Å²) < 4.78 is 0. The van der Waals surface area contributed by atoms with Crippen molar-refractivity contribution in [1.82, 2.24) is 4.90 Å². The van der Waals surface area contributed by atoms with Crippen molar-refractivity contribution in [1.29, 1.82) is 0 Å². The van der Waals surface area contributed by atoms with Gasteiger partial charge in [-0.15, -0.1) is 0 Å². The number of anilines is 1. The highest BCUT2D eigenvalue weighted by Gasteiger charge is 2.18. The molecule has 1 saturated heterocycles. The average Bonchev–Trinajstić information content (AvgIpc) is 2.64. The molecule has 0 amide bonds. The van der Waals surface area contributed by atoms with Crippen molar-refractivity contribution in [3.8, 4) is 0 Å². The predicted octanol–water partition coefficient (Wildman–Crippen LogP) is 4.06. The molecule has 0 spiro atoms. The number of hydrogen-bond acceptors (Lipinski definition) is 2. The van der Waals surface area contributed by atoms with Crippen molar-refractivity contribution in [3.05, 3.63) is 29.8 Å². The van der Waals surface area contributed by atoms with Gasteiger partial charge in [0.25, 0.3) is 0 Å². The predicted molar refractivity (Wildman–Crippen MR) is 83.8 cm³/mol. The van der Waals surface area contributed by atoms with Crippen LogP contribution in [0.3, 0.4) is 0 Å². The molecule has 1 aliphatic rings. The fourth-order valence-corrected chi connectivity index (χ4v) is 3.09. The van der Waals surface area contributed by atoms with E-state index in [-0.39, 0.29) is 0 Å². The van der Waals surface area contributed by atoms with Gasteiger partial charge >= 0.3 is 0 Å². The van der Waals surface area contributed by atoms with Crippen LogP contribution in [0.5, 0.6) is 0 Å². The van der Waals surface area contributed by atoms with Crippen molar-refractivity contribution in [2.45, 2.75) is 52.0 Å². The third-order valence-electron chi connectivity index (χ3n) is 4.22. The molecule has 106 valence electrons. The van der Waals surface area contributed by atoms with E-state index in [0.717, 1.165) is 12.6 Å². The fourth-order valence-electron chi connectivity index (χ4n) is 3.09. The molecule has 0 aliphatic carbocycles. The van der Waals surface area contributed by atoms with Gasteiger partial charge in [0.15, 0.2) is 0 Å². The van der Waals surface area contributed by atoms with E-state index in [2.05, 4.69) is 48.3 Å². The Kier molecular flexibility index (Phi) is 5.71. The normalized spacial score (nSPS) is 21.1. The van der Waals surface area contributed by atoms with Crippen LogP contribution < -0.4 is 5.32 Å². The summed E-state index contributed by atoms with van der Waals surface area (Å²) in [5.74, 6) is 0. The van der Waals surface area contributed by atoms with Gasteiger partial charge in [-0.25, -0.2) is 0 Å². The maximum absolute atomic E-state index is 3.56. The molecule has 2 nitrogen and oxygen atoms in total. The van der Waals surface area contributed by atoms with Crippen molar-refractivity contribution >= 4 is 5.69 Å². The van der Waals surface area contributed by atoms with Gasteiger partial charge in [-0.1, -0.05) is 31.9 Å². The Balaban J connectivity index is 1.80. The zero-order valence-corrected chi connectivity index (χ0v) is 12.5. The largest absolute Gasteiger partial charge is 0.384 e. The van der Waals surface area contributed by atoms with Crippen LogP contribution in [0, 0.1) is 6.92 Å². The van der Waals surface area contributed by atoms with E-state index < -0.39 is 0 Å². The molecule has 1 aromatic rings. The minimum absolute atomic E-state index is 0.807. The second-order valence-electron chi connectivity index (χ2n) is 5.74. The Hall–Kier alpha value is -1.02. The van der Waals surface area contributed by atoms with E-state index in [0.29, 0.717) is 0 Å². The molecule has 0 saturated carbocycles. The molecule has 1 N–H and O–H groups in total. The summed E-state index contributed by atoms with van der Waals surface area (Å²) in [7, 11) is 0. The van der Waals surface area contributed by atoms with Gasteiger partial charge in [-0.2, -0.15) is 0 Å². The molecule has 1 atom stereocenters. The Morgan fingerprint density at radius 2 is 2.16 bits per heavy atom. The van der Waals surface area contributed by atoms with Gasteiger partial charge in [-0.3, -0.25) is 4.90 Å². The number of likely N-dealkylation sites (tertiary alicyclic amines) is 1. The minimum Gasteiger partial charge on any atom is -0.384 e. The highest BCUT2D eigenvalue weighted by Crippen LogP contribution is 2.18. The van der Waals surface area contributed by atoms with Crippen LogP contribution in [0.2, 0.25) is 0 Å². The van der Waals surface area contributed by atoms with Gasteiger partial charge in [0.1, 0.15) is 0 Å². The van der Waals surface area contributed by atoms with Gasteiger partial charge in [0, 0.05) is 24.8 Å². The maximum atomic E-state index is 3.56. The topological polar surface area (TPSA) is 15.3 Å². The molecule has 0 radical (unpaired) electrons. The van der Waals surface area contributed by atoms with Crippen LogP contribution >= 0.6 is 0 Å². The number of benzene rings is 1. The Bertz CT molecular complexity index is 375. The second kappa shape index (κ2) is 7.54. The third-order valence-corrected chi connectivity index (χ3v) is 4.22. The van der Waals surface area contributed by atoms with Crippen LogP contribution in [-0.2, 0) is 0 Å². The number of aryl methyl sites for hydroxylation is 1. The lowest BCUT2D eigenvalue weighted by molar-refractivity contribution is 0.202. The fraction of sp³-hybridized carbons (Fsp3) is 0.647. The summed E-state index contributed by atoms with van der Waals surface area (Å²) in [5.41, 5.74) is 2.58. The SMILES string of the molecule is CCC1CCCCCN1CCNc1cccc(C)c1. The van der Waals surface area contributed by atoms with E-state index in [1.54, 1.807) is 0 Å². The smallest absolute Gasteiger partial charge is 0.0343 e. The summed E-state index contributed by atoms with van der Waals surface area (Å²) >= 11 is 0. The maximum Gasteiger partial charge on any atom is 0.0343 e. The van der Waals surface area contributed by atoms with E-state index in [4.69, 9.17) is 0 Å². The van der Waals surface area contributed by atoms with Crippen LogP contribution in [-0.4, -0.2) is 30.6 Å². The molecular formula is C17H28N2. The van der Waals surface area contributed by atoms with Crippen LogP contribution in [0.4, 0.5) is 5.69 Å². The number of nitrogens with one attached hydrogen (secondary N) is 1. The summed E-state index contributed by atoms with van der Waals surface area (Å²) in [6, 6.07) is 9.46. The van der Waals surface area contributed by atoms with E-state index in [9.17, 15) is 0 Å². The summed E-state index contributed by atoms with van der Waals surface area (Å²) in [5, 5.41) is 3.56. The standard InChI is InChI=1S/C17H28N2/c1-3-17-10-5-4-6-12-19(17)13-11-18-16-9-7-8-15(2)14-16/h7-9,14,17-18H,3-6,10-13H2,1-2H3. The number of hydrogen-bond donors (Lipinski definition) is 1. The average molecular weight is 260 g/mol. The van der Waals surface area contributed by atoms with Gasteiger partial charge in [-0.05, 0) is 50.4 Å². The highest BCUT2D eigenvalue weighted by atomic mass is 15.2. The molecule has 2 heteroatoms. The van der Waals surface area contributed by atoms with Crippen molar-refractivity contribution < 1.29 is 0 Å². The van der Waals surface area contributed by atoms with Crippen molar-refractivity contribution in [2.24, 2.45) is 0 Å². The molecule has 0 aromatic heterocycles. The Labute approximate surface area is 118 Å². The molecule has 1 aromatic carbocycles. The summed E-state index contributed by atoms with van der Waals surface area (Å²) in [4.78, 5) is 2.69. The van der Waals surface area contributed by atoms with E-state index >= 15 is 0 Å². The highest BCUT2D eigenvalue weighted by molar-refractivity contribution is 5.45. The molecule has 1 fully saturated rings. The lowest BCUT2D eigenvalue weighted by Crippen LogP contribution is -2.37. The first kappa shape index (κ1) is 14.4. The monoisotopic (exact) mass is 260 g/mol. The first-order valence-corrected chi connectivity index (χ1v) is 7.84. The zero-order valence-electron chi connectivity index (χ0n) is 12.5. The number of nitrogens with zero attached hydrogens (tertiary/aromatic N) is 1. The molecule has 1 aliphatic heterocycles. The van der Waals surface area contributed by atoms with Crippen molar-refractivity contribution in [3.63, 3.8) is 0 Å². The molecule has 1 unspecified atom stereocenters. The zero-order chi connectivity index (χ0) is 13.5. The van der Waals surface area contributed by atoms with Crippen molar-refractivity contribution in [2.75, 3.05) is 25.0 Å². The Morgan fingerprint density at radius 3 is 2.95 bits per heavy atom. The summed E-state index contributed by atoms with van der Waals surface area (Å²) in [6.07, 6.45) is 6.89.